The SMILES string of the molecule is Cc1ccsc1CCC(=O)NCCNc1cc(N2CCCC2)cnn1. The quantitative estimate of drug-likeness (QED) is 0.709. The molecule has 6 nitrogen and oxygen atoms in total. The van der Waals surface area contributed by atoms with Crippen molar-refractivity contribution in [2.24, 2.45) is 0 Å². The lowest BCUT2D eigenvalue weighted by Gasteiger charge is -2.17. The molecule has 2 aromatic rings. The van der Waals surface area contributed by atoms with E-state index in [9.17, 15) is 4.79 Å². The molecule has 0 atom stereocenters. The molecule has 0 aliphatic carbocycles. The first kappa shape index (κ1) is 17.7. The Balaban J connectivity index is 1.36. The molecule has 0 bridgehead atoms. The van der Waals surface area contributed by atoms with Gasteiger partial charge < -0.3 is 15.5 Å². The monoisotopic (exact) mass is 359 g/mol. The highest BCUT2D eigenvalue weighted by atomic mass is 32.1. The third-order valence-corrected chi connectivity index (χ3v) is 5.49. The van der Waals surface area contributed by atoms with Gasteiger partial charge in [-0.05, 0) is 43.2 Å². The average molecular weight is 359 g/mol. The normalized spacial score (nSPS) is 13.9. The standard InChI is InChI=1S/C18H25N5OS/c1-14-6-11-25-16(14)4-5-18(24)20-8-7-19-17-12-15(13-21-22-17)23-9-2-3-10-23/h6,11-13H,2-5,7-10H2,1H3,(H,19,22)(H,20,24). The van der Waals surface area contributed by atoms with Crippen molar-refractivity contribution in [1.29, 1.82) is 0 Å². The number of hydrogen-bond acceptors (Lipinski definition) is 6. The molecule has 1 amide bonds. The molecule has 0 unspecified atom stereocenters. The summed E-state index contributed by atoms with van der Waals surface area (Å²) in [5.41, 5.74) is 2.39. The zero-order valence-corrected chi connectivity index (χ0v) is 15.4. The minimum Gasteiger partial charge on any atom is -0.370 e. The van der Waals surface area contributed by atoms with Gasteiger partial charge >= 0.3 is 0 Å². The molecule has 2 aromatic heterocycles. The number of aromatic nitrogens is 2. The van der Waals surface area contributed by atoms with E-state index in [1.54, 1.807) is 11.3 Å². The number of aryl methyl sites for hydroxylation is 2. The fraction of sp³-hybridized carbons (Fsp3) is 0.500. The van der Waals surface area contributed by atoms with Gasteiger partial charge in [0.2, 0.25) is 5.91 Å². The van der Waals surface area contributed by atoms with Gasteiger partial charge in [0.1, 0.15) is 0 Å². The topological polar surface area (TPSA) is 70.2 Å². The summed E-state index contributed by atoms with van der Waals surface area (Å²) in [6.07, 6.45) is 5.63. The van der Waals surface area contributed by atoms with E-state index >= 15 is 0 Å². The fourth-order valence-corrected chi connectivity index (χ4v) is 3.87. The second-order valence-electron chi connectivity index (χ2n) is 6.30. The predicted molar refractivity (Wildman–Crippen MR) is 102 cm³/mol. The highest BCUT2D eigenvalue weighted by molar-refractivity contribution is 7.10. The molecule has 3 heterocycles. The van der Waals surface area contributed by atoms with E-state index in [0.29, 0.717) is 19.5 Å². The average Bonchev–Trinajstić information content (AvgIpc) is 3.29. The minimum absolute atomic E-state index is 0.0894. The van der Waals surface area contributed by atoms with Gasteiger partial charge in [-0.25, -0.2) is 0 Å². The van der Waals surface area contributed by atoms with Gasteiger partial charge in [-0.1, -0.05) is 0 Å². The highest BCUT2D eigenvalue weighted by Crippen LogP contribution is 2.20. The summed E-state index contributed by atoms with van der Waals surface area (Å²) < 4.78 is 0. The number of nitrogens with one attached hydrogen (secondary N) is 2. The zero-order chi connectivity index (χ0) is 17.5. The van der Waals surface area contributed by atoms with E-state index in [-0.39, 0.29) is 5.91 Å². The van der Waals surface area contributed by atoms with Crippen LogP contribution >= 0.6 is 11.3 Å². The lowest BCUT2D eigenvalue weighted by molar-refractivity contribution is -0.120. The van der Waals surface area contributed by atoms with Crippen molar-refractivity contribution in [1.82, 2.24) is 15.5 Å². The second kappa shape index (κ2) is 8.80. The van der Waals surface area contributed by atoms with Gasteiger partial charge in [-0.2, -0.15) is 5.10 Å². The Kier molecular flexibility index (Phi) is 6.22. The van der Waals surface area contributed by atoms with Crippen LogP contribution in [0.4, 0.5) is 11.5 Å². The van der Waals surface area contributed by atoms with E-state index in [4.69, 9.17) is 0 Å². The van der Waals surface area contributed by atoms with Crippen molar-refractivity contribution in [3.05, 3.63) is 34.2 Å². The highest BCUT2D eigenvalue weighted by Gasteiger charge is 2.13. The van der Waals surface area contributed by atoms with Gasteiger partial charge in [0.05, 0.1) is 11.9 Å². The molecule has 0 saturated carbocycles. The second-order valence-corrected chi connectivity index (χ2v) is 7.30. The third-order valence-electron chi connectivity index (χ3n) is 4.41. The van der Waals surface area contributed by atoms with E-state index in [1.165, 1.54) is 23.3 Å². The van der Waals surface area contributed by atoms with Crippen molar-refractivity contribution in [2.75, 3.05) is 36.4 Å². The van der Waals surface area contributed by atoms with Gasteiger partial charge in [0.25, 0.3) is 0 Å². The van der Waals surface area contributed by atoms with Crippen molar-refractivity contribution in [2.45, 2.75) is 32.6 Å². The largest absolute Gasteiger partial charge is 0.370 e. The number of anilines is 2. The molecule has 1 aliphatic rings. The molecule has 2 N–H and O–H groups in total. The van der Waals surface area contributed by atoms with Gasteiger partial charge in [0, 0.05) is 43.5 Å². The van der Waals surface area contributed by atoms with Crippen molar-refractivity contribution < 1.29 is 4.79 Å². The first-order valence-electron chi connectivity index (χ1n) is 8.83. The van der Waals surface area contributed by atoms with Crippen LogP contribution in [0.3, 0.4) is 0 Å². The maximum absolute atomic E-state index is 11.9. The van der Waals surface area contributed by atoms with E-state index in [0.717, 1.165) is 31.0 Å². The molecule has 134 valence electrons. The van der Waals surface area contributed by atoms with Gasteiger partial charge in [0.15, 0.2) is 5.82 Å². The lowest BCUT2D eigenvalue weighted by atomic mass is 10.2. The number of thiophene rings is 1. The van der Waals surface area contributed by atoms with Crippen LogP contribution in [0.5, 0.6) is 0 Å². The molecule has 1 fully saturated rings. The first-order chi connectivity index (χ1) is 12.2. The lowest BCUT2D eigenvalue weighted by Crippen LogP contribution is -2.29. The van der Waals surface area contributed by atoms with Crippen LogP contribution in [0.25, 0.3) is 0 Å². The van der Waals surface area contributed by atoms with Crippen LogP contribution in [0.15, 0.2) is 23.7 Å². The van der Waals surface area contributed by atoms with Gasteiger partial charge in [-0.15, -0.1) is 16.4 Å². The molecular formula is C18H25N5OS. The Morgan fingerprint density at radius 3 is 2.92 bits per heavy atom. The molecule has 1 saturated heterocycles. The van der Waals surface area contributed by atoms with E-state index in [2.05, 4.69) is 44.1 Å². The number of rotatable bonds is 8. The molecule has 7 heteroatoms. The number of amides is 1. The molecule has 0 radical (unpaired) electrons. The Bertz CT molecular complexity index is 696. The Morgan fingerprint density at radius 2 is 2.16 bits per heavy atom. The zero-order valence-electron chi connectivity index (χ0n) is 14.6. The molecule has 1 aliphatic heterocycles. The summed E-state index contributed by atoms with van der Waals surface area (Å²) in [5, 5.41) is 16.4. The Labute approximate surface area is 152 Å². The van der Waals surface area contributed by atoms with Gasteiger partial charge in [-0.3, -0.25) is 4.79 Å². The number of hydrogen-bond donors (Lipinski definition) is 2. The van der Waals surface area contributed by atoms with Crippen LogP contribution in [0, 0.1) is 6.92 Å². The third kappa shape index (κ3) is 5.16. The maximum Gasteiger partial charge on any atom is 0.220 e. The molecule has 25 heavy (non-hydrogen) atoms. The van der Waals surface area contributed by atoms with Crippen LogP contribution < -0.4 is 15.5 Å². The van der Waals surface area contributed by atoms with Crippen molar-refractivity contribution in [3.8, 4) is 0 Å². The summed E-state index contributed by atoms with van der Waals surface area (Å²) in [6, 6.07) is 4.12. The van der Waals surface area contributed by atoms with Crippen LogP contribution in [-0.2, 0) is 11.2 Å². The van der Waals surface area contributed by atoms with E-state index < -0.39 is 0 Å². The van der Waals surface area contributed by atoms with Crippen LogP contribution in [-0.4, -0.2) is 42.3 Å². The first-order valence-corrected chi connectivity index (χ1v) is 9.71. The molecule has 0 spiro atoms. The van der Waals surface area contributed by atoms with Crippen molar-refractivity contribution >= 4 is 28.7 Å². The van der Waals surface area contributed by atoms with Crippen LogP contribution in [0.1, 0.15) is 29.7 Å². The summed E-state index contributed by atoms with van der Waals surface area (Å²) in [4.78, 5) is 15.5. The van der Waals surface area contributed by atoms with E-state index in [1.807, 2.05) is 12.3 Å². The number of nitrogens with zero attached hydrogens (tertiary/aromatic N) is 3. The smallest absolute Gasteiger partial charge is 0.220 e. The summed E-state index contributed by atoms with van der Waals surface area (Å²) in [5.74, 6) is 0.847. The summed E-state index contributed by atoms with van der Waals surface area (Å²) in [7, 11) is 0. The molecule has 0 aromatic carbocycles. The number of carbonyl (C=O) groups is 1. The predicted octanol–water partition coefficient (Wildman–Crippen LogP) is 2.61. The van der Waals surface area contributed by atoms with Crippen LogP contribution in [0.2, 0.25) is 0 Å². The number of carbonyl (C=O) groups excluding carboxylic acids is 1. The fourth-order valence-electron chi connectivity index (χ4n) is 2.96. The molecule has 3 rings (SSSR count). The summed E-state index contributed by atoms with van der Waals surface area (Å²) >= 11 is 1.72. The summed E-state index contributed by atoms with van der Waals surface area (Å²) in [6.45, 7) is 5.49. The Morgan fingerprint density at radius 1 is 1.32 bits per heavy atom. The molecular weight excluding hydrogens is 334 g/mol. The Hall–Kier alpha value is -2.15. The maximum atomic E-state index is 11.9. The van der Waals surface area contributed by atoms with Crippen molar-refractivity contribution in [3.63, 3.8) is 0 Å². The minimum atomic E-state index is 0.0894.